The Morgan fingerprint density at radius 1 is 0.974 bits per heavy atom. The van der Waals surface area contributed by atoms with Gasteiger partial charge in [-0.05, 0) is 88.3 Å². The van der Waals surface area contributed by atoms with E-state index in [9.17, 15) is 14.7 Å². The summed E-state index contributed by atoms with van der Waals surface area (Å²) in [5, 5.41) is 13.2. The standard InChI is InChI=1S/C31H46BrNO5Si/c1-21-11-10-12-23(17-21)18-24(28(34)35)20-27(38-39(8,9)31(5,6)7)26(33-29(36)37-30(2,3)4)19-22-13-15-25(32)16-14-22/h10-17,24,26-27H,18-20H2,1-9H3,(H,33,36)(H,34,35)/t24-,26+,27+/m1/s1. The van der Waals surface area contributed by atoms with Crippen LogP contribution in [0.2, 0.25) is 18.1 Å². The number of carbonyl (C=O) groups is 2. The third-order valence-electron chi connectivity index (χ3n) is 7.20. The number of aryl methyl sites for hydroxylation is 1. The molecule has 0 bridgehead atoms. The zero-order chi connectivity index (χ0) is 29.6. The molecule has 2 aromatic carbocycles. The maximum Gasteiger partial charge on any atom is 0.407 e. The van der Waals surface area contributed by atoms with E-state index in [1.807, 2.05) is 76.2 Å². The highest BCUT2D eigenvalue weighted by molar-refractivity contribution is 9.10. The van der Waals surface area contributed by atoms with E-state index in [0.29, 0.717) is 12.8 Å². The fraction of sp³-hybridized carbons (Fsp3) is 0.548. The summed E-state index contributed by atoms with van der Waals surface area (Å²) in [6.07, 6.45) is 0.0354. The van der Waals surface area contributed by atoms with Crippen LogP contribution in [0.5, 0.6) is 0 Å². The lowest BCUT2D eigenvalue weighted by Gasteiger charge is -2.42. The van der Waals surface area contributed by atoms with Crippen molar-refractivity contribution in [3.8, 4) is 0 Å². The first kappa shape index (κ1) is 33.0. The van der Waals surface area contributed by atoms with Crippen molar-refractivity contribution in [2.75, 3.05) is 0 Å². The second-order valence-corrected chi connectivity index (χ2v) is 18.6. The lowest BCUT2D eigenvalue weighted by Crippen LogP contribution is -2.54. The predicted octanol–water partition coefficient (Wildman–Crippen LogP) is 7.92. The topological polar surface area (TPSA) is 84.9 Å². The number of amides is 1. The molecule has 2 aromatic rings. The molecule has 1 amide bonds. The largest absolute Gasteiger partial charge is 0.481 e. The van der Waals surface area contributed by atoms with Crippen molar-refractivity contribution in [1.29, 1.82) is 0 Å². The molecule has 39 heavy (non-hydrogen) atoms. The van der Waals surface area contributed by atoms with Crippen LogP contribution < -0.4 is 5.32 Å². The van der Waals surface area contributed by atoms with Gasteiger partial charge in [-0.3, -0.25) is 4.79 Å². The molecule has 0 heterocycles. The van der Waals surface area contributed by atoms with Crippen molar-refractivity contribution >= 4 is 36.3 Å². The van der Waals surface area contributed by atoms with Crippen LogP contribution in [0.3, 0.4) is 0 Å². The first-order valence-electron chi connectivity index (χ1n) is 13.6. The van der Waals surface area contributed by atoms with E-state index in [1.165, 1.54) is 0 Å². The number of ether oxygens (including phenoxy) is 1. The molecule has 0 fully saturated rings. The van der Waals surface area contributed by atoms with Gasteiger partial charge in [-0.1, -0.05) is 78.7 Å². The van der Waals surface area contributed by atoms with Crippen LogP contribution >= 0.6 is 15.9 Å². The number of alkyl carbamates (subject to hydrolysis) is 1. The van der Waals surface area contributed by atoms with Crippen LogP contribution in [0.25, 0.3) is 0 Å². The molecule has 3 atom stereocenters. The summed E-state index contributed by atoms with van der Waals surface area (Å²) in [6.45, 7) is 18.2. The minimum Gasteiger partial charge on any atom is -0.481 e. The maximum absolute atomic E-state index is 13.0. The van der Waals surface area contributed by atoms with E-state index < -0.39 is 44.0 Å². The fourth-order valence-electron chi connectivity index (χ4n) is 4.13. The van der Waals surface area contributed by atoms with Crippen molar-refractivity contribution in [2.24, 2.45) is 5.92 Å². The summed E-state index contributed by atoms with van der Waals surface area (Å²) in [4.78, 5) is 25.6. The molecule has 0 aliphatic carbocycles. The van der Waals surface area contributed by atoms with E-state index in [2.05, 4.69) is 55.1 Å². The van der Waals surface area contributed by atoms with Gasteiger partial charge < -0.3 is 19.6 Å². The third kappa shape index (κ3) is 11.1. The van der Waals surface area contributed by atoms with Gasteiger partial charge >= 0.3 is 12.1 Å². The number of hydrogen-bond acceptors (Lipinski definition) is 4. The van der Waals surface area contributed by atoms with Crippen molar-refractivity contribution < 1.29 is 23.9 Å². The average Bonchev–Trinajstić information content (AvgIpc) is 2.77. The zero-order valence-electron chi connectivity index (χ0n) is 24.9. The van der Waals surface area contributed by atoms with Crippen LogP contribution in [0.4, 0.5) is 4.79 Å². The maximum atomic E-state index is 13.0. The Morgan fingerprint density at radius 2 is 1.59 bits per heavy atom. The van der Waals surface area contributed by atoms with Crippen LogP contribution in [0.1, 0.15) is 64.7 Å². The number of aliphatic carboxylic acids is 1. The molecule has 2 N–H and O–H groups in total. The van der Waals surface area contributed by atoms with Crippen molar-refractivity contribution in [2.45, 2.75) is 104 Å². The normalized spacial score (nSPS) is 14.8. The zero-order valence-corrected chi connectivity index (χ0v) is 27.5. The molecule has 0 saturated carbocycles. The number of nitrogens with one attached hydrogen (secondary N) is 1. The van der Waals surface area contributed by atoms with Crippen molar-refractivity contribution in [3.05, 3.63) is 69.7 Å². The molecule has 0 unspecified atom stereocenters. The van der Waals surface area contributed by atoms with Gasteiger partial charge in [0.05, 0.1) is 18.1 Å². The van der Waals surface area contributed by atoms with Crippen LogP contribution in [-0.2, 0) is 26.8 Å². The Hall–Kier alpha value is -2.16. The van der Waals surface area contributed by atoms with E-state index in [1.54, 1.807) is 0 Å². The molecular formula is C31H46BrNO5Si. The molecule has 0 aliphatic heterocycles. The number of carboxylic acids is 1. The highest BCUT2D eigenvalue weighted by atomic mass is 79.9. The molecule has 0 aliphatic rings. The number of carboxylic acid groups (broad SMARTS) is 1. The first-order chi connectivity index (χ1) is 17.9. The van der Waals surface area contributed by atoms with Crippen molar-refractivity contribution in [1.82, 2.24) is 5.32 Å². The predicted molar refractivity (Wildman–Crippen MR) is 164 cm³/mol. The molecule has 0 saturated heterocycles. The van der Waals surface area contributed by atoms with Gasteiger partial charge in [-0.25, -0.2) is 4.79 Å². The Morgan fingerprint density at radius 3 is 2.10 bits per heavy atom. The Balaban J connectivity index is 2.50. The third-order valence-corrected chi connectivity index (χ3v) is 12.2. The van der Waals surface area contributed by atoms with E-state index in [-0.39, 0.29) is 11.5 Å². The van der Waals surface area contributed by atoms with Gasteiger partial charge in [0.2, 0.25) is 0 Å². The van der Waals surface area contributed by atoms with E-state index in [0.717, 1.165) is 21.2 Å². The highest BCUT2D eigenvalue weighted by Crippen LogP contribution is 2.39. The summed E-state index contributed by atoms with van der Waals surface area (Å²) in [5.74, 6) is -1.56. The number of benzene rings is 2. The average molecular weight is 621 g/mol. The molecule has 0 spiro atoms. The molecule has 0 radical (unpaired) electrons. The molecule has 216 valence electrons. The molecule has 6 nitrogen and oxygen atoms in total. The first-order valence-corrected chi connectivity index (χ1v) is 17.3. The molecule has 2 rings (SSSR count). The second-order valence-electron chi connectivity index (χ2n) is 13.0. The molecule has 0 aromatic heterocycles. The second kappa shape index (κ2) is 13.5. The fourth-order valence-corrected chi connectivity index (χ4v) is 5.77. The van der Waals surface area contributed by atoms with Crippen LogP contribution in [0.15, 0.2) is 53.0 Å². The van der Waals surface area contributed by atoms with Crippen molar-refractivity contribution in [3.63, 3.8) is 0 Å². The van der Waals surface area contributed by atoms with E-state index in [4.69, 9.17) is 9.16 Å². The lowest BCUT2D eigenvalue weighted by atomic mass is 9.89. The number of rotatable bonds is 11. The Bertz CT molecular complexity index is 1110. The minimum absolute atomic E-state index is 0.103. The lowest BCUT2D eigenvalue weighted by molar-refractivity contribution is -0.142. The van der Waals surface area contributed by atoms with Gasteiger partial charge in [0.25, 0.3) is 0 Å². The summed E-state index contributed by atoms with van der Waals surface area (Å²) in [5.41, 5.74) is 2.40. The smallest absolute Gasteiger partial charge is 0.407 e. The Labute approximate surface area is 244 Å². The minimum atomic E-state index is -2.35. The van der Waals surface area contributed by atoms with Gasteiger partial charge in [-0.2, -0.15) is 0 Å². The SMILES string of the molecule is Cc1cccc(C[C@H](C[C@H](O[Si](C)(C)C(C)(C)C)[C@H](Cc2ccc(Br)cc2)NC(=O)OC(C)(C)C)C(=O)O)c1. The molecular weight excluding hydrogens is 574 g/mol. The molecule has 8 heteroatoms. The van der Waals surface area contributed by atoms with E-state index >= 15 is 0 Å². The summed E-state index contributed by atoms with van der Waals surface area (Å²) in [7, 11) is -2.35. The number of carbonyl (C=O) groups excluding carboxylic acids is 1. The van der Waals surface area contributed by atoms with Crippen LogP contribution in [-0.4, -0.2) is 43.2 Å². The monoisotopic (exact) mass is 619 g/mol. The Kier molecular flexibility index (Phi) is 11.4. The van der Waals surface area contributed by atoms with Gasteiger partial charge in [-0.15, -0.1) is 0 Å². The summed E-state index contributed by atoms with van der Waals surface area (Å²) >= 11 is 3.49. The quantitative estimate of drug-likeness (QED) is 0.250. The van der Waals surface area contributed by atoms with Crippen LogP contribution in [0, 0.1) is 12.8 Å². The highest BCUT2D eigenvalue weighted by Gasteiger charge is 2.42. The number of halogens is 1. The van der Waals surface area contributed by atoms with Gasteiger partial charge in [0.15, 0.2) is 8.32 Å². The summed E-state index contributed by atoms with van der Waals surface area (Å²) < 4.78 is 13.5. The number of hydrogen-bond donors (Lipinski definition) is 2. The van der Waals surface area contributed by atoms with Gasteiger partial charge in [0, 0.05) is 4.47 Å². The van der Waals surface area contributed by atoms with Gasteiger partial charge in [0.1, 0.15) is 5.60 Å². The summed E-state index contributed by atoms with van der Waals surface area (Å²) in [6, 6.07) is 15.4.